The second-order valence-electron chi connectivity index (χ2n) is 21.8. The highest BCUT2D eigenvalue weighted by atomic mass is 19.4. The number of halogens is 12. The Hall–Kier alpha value is -9.90. The Bertz CT molecular complexity index is 4500. The van der Waals surface area contributed by atoms with Crippen molar-refractivity contribution in [1.29, 1.82) is 0 Å². The van der Waals surface area contributed by atoms with Crippen molar-refractivity contribution in [2.24, 2.45) is 0 Å². The molecule has 0 fully saturated rings. The van der Waals surface area contributed by atoms with Crippen molar-refractivity contribution in [1.82, 2.24) is 29.4 Å². The van der Waals surface area contributed by atoms with Gasteiger partial charge in [-0.1, -0.05) is 0 Å². The maximum Gasteiger partial charge on any atom is 0.417 e. The van der Waals surface area contributed by atoms with E-state index in [1.807, 2.05) is 0 Å². The summed E-state index contributed by atoms with van der Waals surface area (Å²) >= 11 is 0. The summed E-state index contributed by atoms with van der Waals surface area (Å²) in [5.74, 6) is -11.9. The Morgan fingerprint density at radius 2 is 0.478 bits per heavy atom. The molecule has 0 atom stereocenters. The Labute approximate surface area is 510 Å². The van der Waals surface area contributed by atoms with Gasteiger partial charge in [-0.05, 0) is 116 Å². The van der Waals surface area contributed by atoms with E-state index in [9.17, 15) is 110 Å². The van der Waals surface area contributed by atoms with Gasteiger partial charge in [-0.15, -0.1) is 0 Å². The van der Waals surface area contributed by atoms with Crippen LogP contribution in [-0.2, 0) is 24.7 Å². The fourth-order valence-corrected chi connectivity index (χ4v) is 13.1. The number of nitrogens with zero attached hydrogens (tertiary/aromatic N) is 6. The highest BCUT2D eigenvalue weighted by molar-refractivity contribution is 6.38. The van der Waals surface area contributed by atoms with Crippen molar-refractivity contribution in [3.8, 4) is 0 Å². The predicted molar refractivity (Wildman–Crippen MR) is 297 cm³/mol. The van der Waals surface area contributed by atoms with Crippen LogP contribution in [0, 0.1) is 27.7 Å². The molecule has 0 aliphatic carbocycles. The number of amides is 12. The second-order valence-corrected chi connectivity index (χ2v) is 21.8. The van der Waals surface area contributed by atoms with Crippen LogP contribution in [0.4, 0.5) is 52.7 Å². The average Bonchev–Trinajstić information content (AvgIpc) is 0.697. The van der Waals surface area contributed by atoms with Crippen molar-refractivity contribution in [3.63, 3.8) is 0 Å². The SMILES string of the molecule is CCN1C(=O)c2c(C)c(C)c3c4c(c(C(F)(F)F)c(C(F)(F)F)c(c24)C1=O)C(=O)N(CC)C3=O.CCN1C(=O)c2cc(C(F)(F)F)c3c4c(cc(C)c(c24)C1=O)C(=O)N(CC)C3=O.CCN1C(=O)c2cc(C)c3c4c(c(C(F)(F)F)cc(c24)C1=O)C(=O)N(CC)C3=O. The molecule has 0 bridgehead atoms. The standard InChI is InChI=1S/C22H16F6N2O4.2C20H15F3N2O4/c1-5-29-17(31)9-7(3)8(4)10-12-11(9)13(19(29)33)15(21(23,24)25)16(22(26,27)28)14(12)20(34)30(6-2)18(10)32;1-4-24-17(27)10-7-11(20(21,22)23)15-14-9(16(26)25(5-2)19(15)29)6-8(3)12(13(10)14)18(24)28;1-4-24-16(26)9-6-8(3)12-15-13(9)10(17(24)27)7-11(20(21,22)23)14(15)19(29)25(5-2)18(12)28/h5-6H2,1-4H3;2*6-7H,4-5H2,1-3H3. The van der Waals surface area contributed by atoms with Crippen LogP contribution in [-0.4, -0.2) is 140 Å². The Kier molecular flexibility index (Phi) is 15.1. The first-order valence-corrected chi connectivity index (χ1v) is 28.1. The van der Waals surface area contributed by atoms with Gasteiger partial charge in [0.25, 0.3) is 70.9 Å². The minimum atomic E-state index is -5.71. The number of carbonyl (C=O) groups excluding carboxylic acids is 12. The van der Waals surface area contributed by atoms with E-state index in [0.29, 0.717) is 27.5 Å². The normalized spacial score (nSPS) is 16.3. The fraction of sp³-hybridized carbons (Fsp3) is 0.323. The zero-order chi connectivity index (χ0) is 68.5. The van der Waals surface area contributed by atoms with Crippen molar-refractivity contribution < 1.29 is 110 Å². The molecule has 6 heterocycles. The molecule has 0 N–H and O–H groups in total. The van der Waals surface area contributed by atoms with Crippen molar-refractivity contribution in [2.75, 3.05) is 39.3 Å². The summed E-state index contributed by atoms with van der Waals surface area (Å²) in [6.07, 6.45) is -21.3. The fourth-order valence-electron chi connectivity index (χ4n) is 13.1. The van der Waals surface area contributed by atoms with E-state index in [2.05, 4.69) is 0 Å². The summed E-state index contributed by atoms with van der Waals surface area (Å²) in [6.45, 7) is 13.2. The number of hydrogen-bond donors (Lipinski definition) is 0. The quantitative estimate of drug-likeness (QED) is 0.112. The number of carbonyl (C=O) groups is 12. The lowest BCUT2D eigenvalue weighted by Gasteiger charge is -2.36. The summed E-state index contributed by atoms with van der Waals surface area (Å²) in [5, 5.41) is -2.14. The van der Waals surface area contributed by atoms with Gasteiger partial charge in [-0.3, -0.25) is 86.9 Å². The summed E-state index contributed by atoms with van der Waals surface area (Å²) in [4.78, 5) is 159. The molecule has 0 radical (unpaired) electrons. The minimum absolute atomic E-state index is 0.0122. The van der Waals surface area contributed by atoms with Crippen molar-refractivity contribution >= 4 is 103 Å². The lowest BCUT2D eigenvalue weighted by Crippen LogP contribution is -2.46. The first-order valence-electron chi connectivity index (χ1n) is 28.1. The molecule has 6 aliphatic rings. The zero-order valence-corrected chi connectivity index (χ0v) is 49.7. The molecule has 92 heavy (non-hydrogen) atoms. The highest BCUT2D eigenvalue weighted by Gasteiger charge is 2.56. The molecule has 6 aromatic carbocycles. The lowest BCUT2D eigenvalue weighted by atomic mass is 9.76. The molecule has 0 saturated carbocycles. The summed E-state index contributed by atoms with van der Waals surface area (Å²) in [5.41, 5.74) is -12.4. The van der Waals surface area contributed by atoms with Gasteiger partial charge in [-0.25, -0.2) is 0 Å². The van der Waals surface area contributed by atoms with Gasteiger partial charge in [0.15, 0.2) is 0 Å². The molecule has 18 nitrogen and oxygen atoms in total. The Morgan fingerprint density at radius 3 is 0.793 bits per heavy atom. The summed E-state index contributed by atoms with van der Waals surface area (Å²) in [6, 6.07) is 3.98. The average molecular weight is 1300 g/mol. The van der Waals surface area contributed by atoms with E-state index in [-0.39, 0.29) is 97.8 Å². The van der Waals surface area contributed by atoms with E-state index in [0.717, 1.165) is 19.6 Å². The summed E-state index contributed by atoms with van der Waals surface area (Å²) in [7, 11) is 0. The molecule has 6 aromatic rings. The number of benzene rings is 6. The van der Waals surface area contributed by atoms with Crippen LogP contribution in [0.2, 0.25) is 0 Å². The van der Waals surface area contributed by atoms with E-state index < -0.39 is 175 Å². The third-order valence-electron chi connectivity index (χ3n) is 17.2. The number of imide groups is 6. The van der Waals surface area contributed by atoms with Crippen LogP contribution in [0.25, 0.3) is 32.3 Å². The van der Waals surface area contributed by atoms with Gasteiger partial charge < -0.3 is 0 Å². The number of hydrogen-bond acceptors (Lipinski definition) is 12. The number of rotatable bonds is 6. The van der Waals surface area contributed by atoms with Gasteiger partial charge >= 0.3 is 24.7 Å². The van der Waals surface area contributed by atoms with Gasteiger partial charge in [0.1, 0.15) is 0 Å². The first kappa shape index (κ1) is 65.1. The van der Waals surface area contributed by atoms with Crippen molar-refractivity contribution in [3.05, 3.63) is 136 Å². The van der Waals surface area contributed by atoms with Gasteiger partial charge in [0.2, 0.25) is 0 Å². The molecule has 12 rings (SSSR count). The van der Waals surface area contributed by atoms with Crippen LogP contribution in [0.5, 0.6) is 0 Å². The minimum Gasteiger partial charge on any atom is -0.275 e. The maximum atomic E-state index is 14.3. The van der Waals surface area contributed by atoms with Crippen molar-refractivity contribution in [2.45, 2.75) is 93.9 Å². The second kappa shape index (κ2) is 21.4. The van der Waals surface area contributed by atoms with Crippen LogP contribution in [0.15, 0.2) is 24.3 Å². The van der Waals surface area contributed by atoms with E-state index in [1.54, 1.807) is 6.92 Å². The van der Waals surface area contributed by atoms with Gasteiger partial charge in [0, 0.05) is 93.8 Å². The molecule has 6 aliphatic heterocycles. The topological polar surface area (TPSA) is 224 Å². The third-order valence-corrected chi connectivity index (χ3v) is 17.2. The van der Waals surface area contributed by atoms with Crippen LogP contribution in [0.3, 0.4) is 0 Å². The first-order chi connectivity index (χ1) is 42.7. The number of aryl methyl sites for hydroxylation is 2. The largest absolute Gasteiger partial charge is 0.417 e. The molecule has 0 spiro atoms. The van der Waals surface area contributed by atoms with Crippen LogP contribution >= 0.6 is 0 Å². The molecule has 480 valence electrons. The molecule has 0 unspecified atom stereocenters. The highest BCUT2D eigenvalue weighted by Crippen LogP contribution is 2.54. The molecule has 12 amide bonds. The monoisotopic (exact) mass is 1290 g/mol. The third kappa shape index (κ3) is 8.84. The molecule has 0 aromatic heterocycles. The van der Waals surface area contributed by atoms with E-state index in [1.165, 1.54) is 74.4 Å². The van der Waals surface area contributed by atoms with Crippen LogP contribution in [0.1, 0.15) is 210 Å². The lowest BCUT2D eigenvalue weighted by molar-refractivity contribution is -0.162. The Balaban J connectivity index is 0.000000152. The van der Waals surface area contributed by atoms with Gasteiger partial charge in [-0.2, -0.15) is 52.7 Å². The smallest absolute Gasteiger partial charge is 0.275 e. The Morgan fingerprint density at radius 1 is 0.261 bits per heavy atom. The maximum absolute atomic E-state index is 14.3. The predicted octanol–water partition coefficient (Wildman–Crippen LogP) is 11.5. The zero-order valence-electron chi connectivity index (χ0n) is 49.7. The van der Waals surface area contributed by atoms with Gasteiger partial charge in [0.05, 0.1) is 66.8 Å². The molecular formula is C62H46F12N6O12. The molecular weight excluding hydrogens is 1250 g/mol. The van der Waals surface area contributed by atoms with E-state index in [4.69, 9.17) is 0 Å². The summed E-state index contributed by atoms with van der Waals surface area (Å²) < 4.78 is 169. The molecule has 0 saturated heterocycles. The molecule has 30 heteroatoms. The van der Waals surface area contributed by atoms with Crippen LogP contribution < -0.4 is 0 Å². The van der Waals surface area contributed by atoms with E-state index >= 15 is 0 Å². The number of alkyl halides is 12.